The molecule has 0 radical (unpaired) electrons. The van der Waals surface area contributed by atoms with Crippen molar-refractivity contribution in [3.8, 4) is 5.75 Å². The van der Waals surface area contributed by atoms with E-state index in [-0.39, 0.29) is 5.54 Å². The van der Waals surface area contributed by atoms with E-state index in [1.807, 2.05) is 24.3 Å². The third-order valence-electron chi connectivity index (χ3n) is 4.87. The molecule has 1 saturated carbocycles. The monoisotopic (exact) mass is 366 g/mol. The van der Waals surface area contributed by atoms with E-state index in [0.29, 0.717) is 11.7 Å². The van der Waals surface area contributed by atoms with Crippen LogP contribution in [0.25, 0.3) is 0 Å². The molecule has 0 amide bonds. The number of ether oxygens (including phenoxy) is 1. The van der Waals surface area contributed by atoms with Gasteiger partial charge in [0.2, 0.25) is 0 Å². The summed E-state index contributed by atoms with van der Waals surface area (Å²) in [6, 6.07) is 16.6. The van der Waals surface area contributed by atoms with Gasteiger partial charge in [-0.1, -0.05) is 61.4 Å². The standard InChI is InChI=1S/C22H26N2OS/c1-3-15-25-20-8-6-7-19(16-20)23-21(26)24-22(13-4-5-14-22)18-11-9-17(2)10-12-18/h3,6-12,16H,1,4-5,13-15H2,2H3,(H2,23,24,26). The van der Waals surface area contributed by atoms with Crippen LogP contribution in [0.15, 0.2) is 61.2 Å². The number of nitrogens with one attached hydrogen (secondary N) is 2. The van der Waals surface area contributed by atoms with Gasteiger partial charge in [-0.25, -0.2) is 0 Å². The summed E-state index contributed by atoms with van der Waals surface area (Å²) < 4.78 is 5.59. The minimum absolute atomic E-state index is 0.0747. The molecule has 0 saturated heterocycles. The van der Waals surface area contributed by atoms with Gasteiger partial charge < -0.3 is 15.4 Å². The molecule has 0 spiro atoms. The molecule has 1 fully saturated rings. The van der Waals surface area contributed by atoms with Crippen molar-refractivity contribution in [3.05, 3.63) is 72.3 Å². The van der Waals surface area contributed by atoms with Crippen LogP contribution in [0.4, 0.5) is 5.69 Å². The molecule has 136 valence electrons. The molecule has 0 aromatic heterocycles. The number of benzene rings is 2. The Morgan fingerprint density at radius 3 is 2.62 bits per heavy atom. The molecule has 0 aliphatic heterocycles. The average Bonchev–Trinajstić information content (AvgIpc) is 3.10. The van der Waals surface area contributed by atoms with E-state index in [0.717, 1.165) is 24.3 Å². The maximum atomic E-state index is 5.62. The lowest BCUT2D eigenvalue weighted by Gasteiger charge is -2.32. The van der Waals surface area contributed by atoms with Crippen molar-refractivity contribution in [1.82, 2.24) is 5.32 Å². The molecule has 3 rings (SSSR count). The normalized spacial score (nSPS) is 15.3. The zero-order valence-electron chi connectivity index (χ0n) is 15.3. The third-order valence-corrected chi connectivity index (χ3v) is 5.08. The summed E-state index contributed by atoms with van der Waals surface area (Å²) in [5.74, 6) is 0.798. The van der Waals surface area contributed by atoms with E-state index in [2.05, 4.69) is 48.4 Å². The lowest BCUT2D eigenvalue weighted by Crippen LogP contribution is -2.45. The molecule has 1 aliphatic carbocycles. The molecule has 0 bridgehead atoms. The fourth-order valence-corrected chi connectivity index (χ4v) is 3.85. The first kappa shape index (κ1) is 18.5. The number of thiocarbonyl (C=S) groups is 1. The van der Waals surface area contributed by atoms with Crippen LogP contribution in [0, 0.1) is 6.92 Å². The van der Waals surface area contributed by atoms with Crippen molar-refractivity contribution in [3.63, 3.8) is 0 Å². The van der Waals surface area contributed by atoms with Crippen LogP contribution < -0.4 is 15.4 Å². The Morgan fingerprint density at radius 2 is 1.92 bits per heavy atom. The van der Waals surface area contributed by atoms with E-state index in [4.69, 9.17) is 17.0 Å². The quantitative estimate of drug-likeness (QED) is 0.536. The van der Waals surface area contributed by atoms with E-state index in [1.54, 1.807) is 6.08 Å². The van der Waals surface area contributed by atoms with Crippen LogP contribution in [0.2, 0.25) is 0 Å². The maximum Gasteiger partial charge on any atom is 0.171 e. The second-order valence-corrected chi connectivity index (χ2v) is 7.27. The van der Waals surface area contributed by atoms with Crippen LogP contribution in [0.1, 0.15) is 36.8 Å². The first-order chi connectivity index (χ1) is 12.6. The van der Waals surface area contributed by atoms with Crippen molar-refractivity contribution in [2.24, 2.45) is 0 Å². The molecule has 4 heteroatoms. The zero-order valence-corrected chi connectivity index (χ0v) is 16.1. The van der Waals surface area contributed by atoms with Crippen molar-refractivity contribution in [2.75, 3.05) is 11.9 Å². The topological polar surface area (TPSA) is 33.3 Å². The van der Waals surface area contributed by atoms with Gasteiger partial charge in [0.25, 0.3) is 0 Å². The molecule has 0 unspecified atom stereocenters. The highest BCUT2D eigenvalue weighted by molar-refractivity contribution is 7.80. The molecule has 2 aromatic carbocycles. The van der Waals surface area contributed by atoms with E-state index >= 15 is 0 Å². The zero-order chi connectivity index (χ0) is 18.4. The molecule has 0 atom stereocenters. The lowest BCUT2D eigenvalue weighted by molar-refractivity contribution is 0.363. The molecule has 3 nitrogen and oxygen atoms in total. The Kier molecular flexibility index (Phi) is 5.94. The maximum absolute atomic E-state index is 5.62. The fraction of sp³-hybridized carbons (Fsp3) is 0.318. The van der Waals surface area contributed by atoms with Gasteiger partial charge >= 0.3 is 0 Å². The summed E-state index contributed by atoms with van der Waals surface area (Å²) in [6.45, 7) is 6.28. The van der Waals surface area contributed by atoms with Crippen LogP contribution in [-0.4, -0.2) is 11.7 Å². The summed E-state index contributed by atoms with van der Waals surface area (Å²) >= 11 is 5.62. The average molecular weight is 367 g/mol. The smallest absolute Gasteiger partial charge is 0.171 e. The highest BCUT2D eigenvalue weighted by atomic mass is 32.1. The van der Waals surface area contributed by atoms with Crippen molar-refractivity contribution >= 4 is 23.0 Å². The van der Waals surface area contributed by atoms with Crippen LogP contribution in [0.5, 0.6) is 5.75 Å². The number of hydrogen-bond acceptors (Lipinski definition) is 2. The Balaban J connectivity index is 1.71. The van der Waals surface area contributed by atoms with Gasteiger partial charge in [0.05, 0.1) is 5.54 Å². The summed E-state index contributed by atoms with van der Waals surface area (Å²) in [5.41, 5.74) is 3.43. The second-order valence-electron chi connectivity index (χ2n) is 6.86. The molecular weight excluding hydrogens is 340 g/mol. The summed E-state index contributed by atoms with van der Waals surface area (Å²) in [7, 11) is 0. The second kappa shape index (κ2) is 8.37. The summed E-state index contributed by atoms with van der Waals surface area (Å²) in [4.78, 5) is 0. The van der Waals surface area contributed by atoms with E-state index in [1.165, 1.54) is 24.0 Å². The van der Waals surface area contributed by atoms with Gasteiger partial charge in [-0.2, -0.15) is 0 Å². The first-order valence-electron chi connectivity index (χ1n) is 9.11. The minimum atomic E-state index is -0.0747. The van der Waals surface area contributed by atoms with Gasteiger partial charge in [-0.05, 0) is 49.7 Å². The number of anilines is 1. The number of hydrogen-bond donors (Lipinski definition) is 2. The van der Waals surface area contributed by atoms with Gasteiger partial charge in [0, 0.05) is 11.8 Å². The number of aryl methyl sites for hydroxylation is 1. The fourth-order valence-electron chi connectivity index (χ4n) is 3.54. The van der Waals surface area contributed by atoms with Crippen LogP contribution in [-0.2, 0) is 5.54 Å². The molecule has 2 N–H and O–H groups in total. The van der Waals surface area contributed by atoms with Gasteiger partial charge in [-0.3, -0.25) is 0 Å². The molecule has 0 heterocycles. The minimum Gasteiger partial charge on any atom is -0.489 e. The van der Waals surface area contributed by atoms with Gasteiger partial charge in [0.15, 0.2) is 5.11 Å². The molecule has 2 aromatic rings. The van der Waals surface area contributed by atoms with Crippen LogP contribution in [0.3, 0.4) is 0 Å². The van der Waals surface area contributed by atoms with Crippen molar-refractivity contribution in [1.29, 1.82) is 0 Å². The Morgan fingerprint density at radius 1 is 1.19 bits per heavy atom. The van der Waals surface area contributed by atoms with Gasteiger partial charge in [0.1, 0.15) is 12.4 Å². The van der Waals surface area contributed by atoms with Crippen molar-refractivity contribution in [2.45, 2.75) is 38.1 Å². The Labute approximate surface area is 161 Å². The van der Waals surface area contributed by atoms with E-state index < -0.39 is 0 Å². The van der Waals surface area contributed by atoms with E-state index in [9.17, 15) is 0 Å². The predicted molar refractivity (Wildman–Crippen MR) is 113 cm³/mol. The third kappa shape index (κ3) is 4.44. The molecule has 26 heavy (non-hydrogen) atoms. The van der Waals surface area contributed by atoms with Crippen LogP contribution >= 0.6 is 12.2 Å². The summed E-state index contributed by atoms with van der Waals surface area (Å²) in [5, 5.41) is 7.56. The number of rotatable bonds is 6. The summed E-state index contributed by atoms with van der Waals surface area (Å²) in [6.07, 6.45) is 6.36. The van der Waals surface area contributed by atoms with Crippen molar-refractivity contribution < 1.29 is 4.74 Å². The van der Waals surface area contributed by atoms with Gasteiger partial charge in [-0.15, -0.1) is 0 Å². The SMILES string of the molecule is C=CCOc1cccc(NC(=S)NC2(c3ccc(C)cc3)CCCC2)c1. The molecular formula is C22H26N2OS. The highest BCUT2D eigenvalue weighted by Gasteiger charge is 2.36. The highest BCUT2D eigenvalue weighted by Crippen LogP contribution is 2.39. The predicted octanol–water partition coefficient (Wildman–Crippen LogP) is 5.32. The lowest BCUT2D eigenvalue weighted by atomic mass is 9.88. The molecule has 1 aliphatic rings. The largest absolute Gasteiger partial charge is 0.489 e. The Hall–Kier alpha value is -2.33. The Bertz CT molecular complexity index is 764. The first-order valence-corrected chi connectivity index (χ1v) is 9.52.